The number of benzene rings is 1. The predicted molar refractivity (Wildman–Crippen MR) is 89.6 cm³/mol. The van der Waals surface area contributed by atoms with Crippen molar-refractivity contribution in [2.75, 3.05) is 0 Å². The monoisotopic (exact) mass is 336 g/mol. The molecule has 3 aromatic rings. The normalized spacial score (nSPS) is 11.0. The van der Waals surface area contributed by atoms with E-state index < -0.39 is 0 Å². The van der Waals surface area contributed by atoms with E-state index in [0.29, 0.717) is 16.4 Å². The van der Waals surface area contributed by atoms with Crippen LogP contribution in [-0.4, -0.2) is 10.9 Å². The number of carbonyl (C=O) groups excluding carboxylic acids is 1. The van der Waals surface area contributed by atoms with Crippen LogP contribution in [0.4, 0.5) is 0 Å². The molecule has 2 aromatic heterocycles. The highest BCUT2D eigenvalue weighted by molar-refractivity contribution is 7.21. The number of fused-ring (bicyclic) bond motifs is 1. The molecular formula is C15H13ClN2OS2. The zero-order valence-corrected chi connectivity index (χ0v) is 14.0. The number of hydrogen-bond acceptors (Lipinski definition) is 4. The van der Waals surface area contributed by atoms with Crippen LogP contribution in [0.3, 0.4) is 0 Å². The third kappa shape index (κ3) is 2.95. The van der Waals surface area contributed by atoms with Gasteiger partial charge < -0.3 is 5.32 Å². The van der Waals surface area contributed by atoms with Crippen LogP contribution in [0.2, 0.25) is 5.02 Å². The first kappa shape index (κ1) is 14.5. The van der Waals surface area contributed by atoms with Gasteiger partial charge in [0.05, 0.1) is 22.3 Å². The summed E-state index contributed by atoms with van der Waals surface area (Å²) < 4.78 is 1.04. The van der Waals surface area contributed by atoms with Gasteiger partial charge in [-0.15, -0.1) is 22.7 Å². The summed E-state index contributed by atoms with van der Waals surface area (Å²) in [6.07, 6.45) is 0. The molecule has 0 aliphatic carbocycles. The summed E-state index contributed by atoms with van der Waals surface area (Å²) in [5.41, 5.74) is 2.03. The first-order valence-electron chi connectivity index (χ1n) is 6.42. The van der Waals surface area contributed by atoms with Crippen molar-refractivity contribution in [2.24, 2.45) is 0 Å². The van der Waals surface area contributed by atoms with Gasteiger partial charge in [-0.25, -0.2) is 4.98 Å². The summed E-state index contributed by atoms with van der Waals surface area (Å²) in [6, 6.07) is 6.01. The highest BCUT2D eigenvalue weighted by Gasteiger charge is 2.17. The Hall–Kier alpha value is -1.43. The number of thiophene rings is 1. The first-order chi connectivity index (χ1) is 10.0. The molecule has 0 radical (unpaired) electrons. The van der Waals surface area contributed by atoms with E-state index in [9.17, 15) is 4.79 Å². The summed E-state index contributed by atoms with van der Waals surface area (Å²) in [6.45, 7) is 4.39. The van der Waals surface area contributed by atoms with Crippen molar-refractivity contribution in [2.45, 2.75) is 20.4 Å². The second-order valence-electron chi connectivity index (χ2n) is 4.79. The van der Waals surface area contributed by atoms with Crippen LogP contribution in [0.1, 0.15) is 25.9 Å². The van der Waals surface area contributed by atoms with E-state index in [0.717, 1.165) is 26.4 Å². The van der Waals surface area contributed by atoms with Crippen LogP contribution in [0.15, 0.2) is 23.6 Å². The molecule has 0 atom stereocenters. The van der Waals surface area contributed by atoms with Crippen molar-refractivity contribution < 1.29 is 4.79 Å². The first-order valence-corrected chi connectivity index (χ1v) is 8.50. The molecule has 0 fully saturated rings. The standard InChI is InChI=1S/C15H13ClN2OS2/c1-8-3-4-11-12(5-8)21-14(13(11)16)15(19)17-6-10-7-20-9(2)18-10/h3-5,7H,6H2,1-2H3,(H,17,19). The fraction of sp³-hybridized carbons (Fsp3) is 0.200. The van der Waals surface area contributed by atoms with Gasteiger partial charge in [-0.3, -0.25) is 4.79 Å². The van der Waals surface area contributed by atoms with Gasteiger partial charge in [0.2, 0.25) is 0 Å². The van der Waals surface area contributed by atoms with Crippen LogP contribution in [0, 0.1) is 13.8 Å². The lowest BCUT2D eigenvalue weighted by molar-refractivity contribution is 0.0954. The number of carbonyl (C=O) groups is 1. The van der Waals surface area contributed by atoms with Gasteiger partial charge in [0, 0.05) is 15.5 Å². The third-order valence-electron chi connectivity index (χ3n) is 3.09. The van der Waals surface area contributed by atoms with Gasteiger partial charge in [0.15, 0.2) is 0 Å². The van der Waals surface area contributed by atoms with Crippen LogP contribution in [0.25, 0.3) is 10.1 Å². The molecule has 3 rings (SSSR count). The molecule has 1 amide bonds. The zero-order valence-electron chi connectivity index (χ0n) is 11.6. The van der Waals surface area contributed by atoms with Crippen molar-refractivity contribution in [1.29, 1.82) is 0 Å². The second-order valence-corrected chi connectivity index (χ2v) is 7.28. The summed E-state index contributed by atoms with van der Waals surface area (Å²) >= 11 is 9.33. The largest absolute Gasteiger partial charge is 0.346 e. The summed E-state index contributed by atoms with van der Waals surface area (Å²) in [4.78, 5) is 17.2. The average molecular weight is 337 g/mol. The van der Waals surface area contributed by atoms with Gasteiger partial charge in [-0.2, -0.15) is 0 Å². The van der Waals surface area contributed by atoms with Crippen molar-refractivity contribution in [3.8, 4) is 0 Å². The molecule has 21 heavy (non-hydrogen) atoms. The van der Waals surface area contributed by atoms with Gasteiger partial charge in [-0.05, 0) is 25.5 Å². The zero-order chi connectivity index (χ0) is 15.0. The molecule has 108 valence electrons. The number of hydrogen-bond donors (Lipinski definition) is 1. The van der Waals surface area contributed by atoms with E-state index in [1.807, 2.05) is 37.4 Å². The fourth-order valence-electron chi connectivity index (χ4n) is 2.06. The maximum atomic E-state index is 12.3. The molecule has 1 aromatic carbocycles. The highest BCUT2D eigenvalue weighted by atomic mass is 35.5. The van der Waals surface area contributed by atoms with Gasteiger partial charge in [0.25, 0.3) is 5.91 Å². The van der Waals surface area contributed by atoms with Crippen molar-refractivity contribution >= 4 is 50.3 Å². The Bertz CT molecular complexity index is 822. The van der Waals surface area contributed by atoms with Crippen molar-refractivity contribution in [3.05, 3.63) is 49.7 Å². The predicted octanol–water partition coefficient (Wildman–Crippen LogP) is 4.56. The molecule has 0 aliphatic rings. The molecule has 1 N–H and O–H groups in total. The molecule has 3 nitrogen and oxygen atoms in total. The topological polar surface area (TPSA) is 42.0 Å². The van der Waals surface area contributed by atoms with E-state index >= 15 is 0 Å². The minimum Gasteiger partial charge on any atom is -0.346 e. The Morgan fingerprint density at radius 1 is 1.38 bits per heavy atom. The third-order valence-corrected chi connectivity index (χ3v) is 5.57. The summed E-state index contributed by atoms with van der Waals surface area (Å²) in [7, 11) is 0. The number of thiazole rings is 1. The Balaban J connectivity index is 1.82. The quantitative estimate of drug-likeness (QED) is 0.762. The molecule has 6 heteroatoms. The minimum atomic E-state index is -0.149. The van der Waals surface area contributed by atoms with Crippen LogP contribution >= 0.6 is 34.3 Å². The molecule has 0 saturated carbocycles. The molecule has 0 unspecified atom stereocenters. The molecule has 2 heterocycles. The van der Waals surface area contributed by atoms with E-state index in [1.165, 1.54) is 11.3 Å². The molecule has 0 bridgehead atoms. The molecular weight excluding hydrogens is 324 g/mol. The van der Waals surface area contributed by atoms with Gasteiger partial charge >= 0.3 is 0 Å². The lowest BCUT2D eigenvalue weighted by Crippen LogP contribution is -2.22. The summed E-state index contributed by atoms with van der Waals surface area (Å²) in [5, 5.41) is 7.28. The number of nitrogens with zero attached hydrogens (tertiary/aromatic N) is 1. The molecule has 0 saturated heterocycles. The van der Waals surface area contributed by atoms with E-state index in [-0.39, 0.29) is 5.91 Å². The lowest BCUT2D eigenvalue weighted by atomic mass is 10.2. The van der Waals surface area contributed by atoms with Crippen LogP contribution in [-0.2, 0) is 6.54 Å². The number of aromatic nitrogens is 1. The second kappa shape index (κ2) is 5.75. The number of amides is 1. The lowest BCUT2D eigenvalue weighted by Gasteiger charge is -2.01. The number of halogens is 1. The van der Waals surface area contributed by atoms with E-state index in [4.69, 9.17) is 11.6 Å². The minimum absolute atomic E-state index is 0.149. The van der Waals surface area contributed by atoms with E-state index in [1.54, 1.807) is 11.3 Å². The smallest absolute Gasteiger partial charge is 0.263 e. The maximum absolute atomic E-state index is 12.3. The van der Waals surface area contributed by atoms with E-state index in [2.05, 4.69) is 10.3 Å². The number of nitrogens with one attached hydrogen (secondary N) is 1. The molecule has 0 spiro atoms. The van der Waals surface area contributed by atoms with Crippen molar-refractivity contribution in [3.63, 3.8) is 0 Å². The van der Waals surface area contributed by atoms with Crippen LogP contribution in [0.5, 0.6) is 0 Å². The SMILES string of the molecule is Cc1ccc2c(Cl)c(C(=O)NCc3csc(C)n3)sc2c1. The number of rotatable bonds is 3. The Morgan fingerprint density at radius 2 is 2.19 bits per heavy atom. The fourth-order valence-corrected chi connectivity index (χ4v) is 4.20. The maximum Gasteiger partial charge on any atom is 0.263 e. The Labute approximate surface area is 135 Å². The Kier molecular flexibility index (Phi) is 3.97. The van der Waals surface area contributed by atoms with Gasteiger partial charge in [0.1, 0.15) is 4.88 Å². The Morgan fingerprint density at radius 3 is 2.90 bits per heavy atom. The van der Waals surface area contributed by atoms with Crippen LogP contribution < -0.4 is 5.32 Å². The molecule has 0 aliphatic heterocycles. The van der Waals surface area contributed by atoms with Crippen molar-refractivity contribution in [1.82, 2.24) is 10.3 Å². The average Bonchev–Trinajstić information content (AvgIpc) is 3.00. The van der Waals surface area contributed by atoms with Gasteiger partial charge in [-0.1, -0.05) is 23.7 Å². The number of aryl methyl sites for hydroxylation is 2. The highest BCUT2D eigenvalue weighted by Crippen LogP contribution is 2.35. The summed E-state index contributed by atoms with van der Waals surface area (Å²) in [5.74, 6) is -0.149.